The van der Waals surface area contributed by atoms with Crippen molar-refractivity contribution in [2.75, 3.05) is 6.61 Å². The van der Waals surface area contributed by atoms with E-state index in [-0.39, 0.29) is 12.6 Å². The van der Waals surface area contributed by atoms with Crippen LogP contribution in [0.3, 0.4) is 0 Å². The molecule has 2 rings (SSSR count). The van der Waals surface area contributed by atoms with Gasteiger partial charge >= 0.3 is 0 Å². The molecule has 0 amide bonds. The topological polar surface area (TPSA) is 32.3 Å². The Morgan fingerprint density at radius 3 is 2.47 bits per heavy atom. The lowest BCUT2D eigenvalue weighted by atomic mass is 10.1. The first kappa shape index (κ1) is 14.4. The van der Waals surface area contributed by atoms with Crippen LogP contribution in [-0.4, -0.2) is 11.7 Å². The normalized spacial score (nSPS) is 12.4. The summed E-state index contributed by atoms with van der Waals surface area (Å²) in [4.78, 5) is 0. The van der Waals surface area contributed by atoms with Crippen molar-refractivity contribution in [2.45, 2.75) is 12.6 Å². The number of rotatable bonds is 5. The smallest absolute Gasteiger partial charge is 0.0626 e. The van der Waals surface area contributed by atoms with Crippen molar-refractivity contribution < 1.29 is 5.11 Å². The fourth-order valence-electron chi connectivity index (χ4n) is 1.89. The molecule has 4 heteroatoms. The maximum Gasteiger partial charge on any atom is 0.0626 e. The maximum atomic E-state index is 9.46. The molecule has 100 valence electrons. The standard InChI is InChI=1S/C15H15Cl2NO/c16-13-6-7-14(17)12(8-13)9-18-15(10-19)11-4-2-1-3-5-11/h1-8,15,18-19H,9-10H2/t15-/m0/s1. The van der Waals surface area contributed by atoms with Gasteiger partial charge in [-0.05, 0) is 29.3 Å². The van der Waals surface area contributed by atoms with E-state index >= 15 is 0 Å². The molecule has 0 aliphatic rings. The molecule has 0 saturated carbocycles. The number of halogens is 2. The Kier molecular flexibility index (Phi) is 5.23. The van der Waals surface area contributed by atoms with Crippen LogP contribution in [0.1, 0.15) is 17.2 Å². The molecule has 0 saturated heterocycles. The first-order valence-electron chi connectivity index (χ1n) is 6.04. The highest BCUT2D eigenvalue weighted by atomic mass is 35.5. The predicted octanol–water partition coefficient (Wildman–Crippen LogP) is 3.82. The predicted molar refractivity (Wildman–Crippen MR) is 79.6 cm³/mol. The molecule has 0 aromatic heterocycles. The van der Waals surface area contributed by atoms with E-state index in [1.807, 2.05) is 36.4 Å². The Morgan fingerprint density at radius 2 is 1.79 bits per heavy atom. The molecular formula is C15H15Cl2NO. The second-order valence-electron chi connectivity index (χ2n) is 4.26. The fourth-order valence-corrected chi connectivity index (χ4v) is 2.26. The van der Waals surface area contributed by atoms with Crippen molar-refractivity contribution in [3.8, 4) is 0 Å². The molecule has 0 heterocycles. The van der Waals surface area contributed by atoms with Gasteiger partial charge in [0.1, 0.15) is 0 Å². The second kappa shape index (κ2) is 6.92. The zero-order valence-corrected chi connectivity index (χ0v) is 11.8. The third-order valence-electron chi connectivity index (χ3n) is 2.93. The first-order chi connectivity index (χ1) is 9.20. The zero-order chi connectivity index (χ0) is 13.7. The van der Waals surface area contributed by atoms with E-state index in [0.29, 0.717) is 16.6 Å². The van der Waals surface area contributed by atoms with Crippen LogP contribution in [0, 0.1) is 0 Å². The summed E-state index contributed by atoms with van der Waals surface area (Å²) < 4.78 is 0. The third-order valence-corrected chi connectivity index (χ3v) is 3.54. The van der Waals surface area contributed by atoms with E-state index in [9.17, 15) is 5.11 Å². The molecule has 0 aliphatic heterocycles. The minimum Gasteiger partial charge on any atom is -0.394 e. The summed E-state index contributed by atoms with van der Waals surface area (Å²) in [5, 5.41) is 14.1. The first-order valence-corrected chi connectivity index (χ1v) is 6.79. The van der Waals surface area contributed by atoms with E-state index in [1.165, 1.54) is 0 Å². The Bertz CT molecular complexity index is 531. The molecule has 2 aromatic carbocycles. The summed E-state index contributed by atoms with van der Waals surface area (Å²) in [5.74, 6) is 0. The van der Waals surface area contributed by atoms with Gasteiger partial charge in [0, 0.05) is 16.6 Å². The zero-order valence-electron chi connectivity index (χ0n) is 10.3. The molecular weight excluding hydrogens is 281 g/mol. The molecule has 0 aliphatic carbocycles. The number of hydrogen-bond acceptors (Lipinski definition) is 2. The number of aliphatic hydroxyl groups excluding tert-OH is 1. The van der Waals surface area contributed by atoms with E-state index in [4.69, 9.17) is 23.2 Å². The van der Waals surface area contributed by atoms with Crippen LogP contribution >= 0.6 is 23.2 Å². The summed E-state index contributed by atoms with van der Waals surface area (Å²) in [5.41, 5.74) is 1.96. The Balaban J connectivity index is 2.06. The molecule has 1 atom stereocenters. The summed E-state index contributed by atoms with van der Waals surface area (Å²) in [7, 11) is 0. The van der Waals surface area contributed by atoms with Crippen LogP contribution in [0.2, 0.25) is 10.0 Å². The number of benzene rings is 2. The van der Waals surface area contributed by atoms with Crippen molar-refractivity contribution in [1.29, 1.82) is 0 Å². The van der Waals surface area contributed by atoms with Gasteiger partial charge in [0.05, 0.1) is 12.6 Å². The van der Waals surface area contributed by atoms with Crippen LogP contribution in [0.15, 0.2) is 48.5 Å². The van der Waals surface area contributed by atoms with E-state index in [0.717, 1.165) is 11.1 Å². The SMILES string of the molecule is OC[C@H](NCc1cc(Cl)ccc1Cl)c1ccccc1. The number of aliphatic hydroxyl groups is 1. The van der Waals surface area contributed by atoms with Gasteiger partial charge in [0.2, 0.25) is 0 Å². The van der Waals surface area contributed by atoms with Gasteiger partial charge in [0.15, 0.2) is 0 Å². The lowest BCUT2D eigenvalue weighted by Crippen LogP contribution is -2.24. The highest BCUT2D eigenvalue weighted by Crippen LogP contribution is 2.21. The minimum atomic E-state index is -0.115. The molecule has 0 unspecified atom stereocenters. The number of hydrogen-bond donors (Lipinski definition) is 2. The number of nitrogens with one attached hydrogen (secondary N) is 1. The summed E-state index contributed by atoms with van der Waals surface area (Å²) in [6.07, 6.45) is 0. The van der Waals surface area contributed by atoms with Crippen LogP contribution in [0.4, 0.5) is 0 Å². The third kappa shape index (κ3) is 3.95. The molecule has 2 N–H and O–H groups in total. The summed E-state index contributed by atoms with van der Waals surface area (Å²) in [6.45, 7) is 0.585. The van der Waals surface area contributed by atoms with E-state index < -0.39 is 0 Å². The minimum absolute atomic E-state index is 0.0300. The monoisotopic (exact) mass is 295 g/mol. The Morgan fingerprint density at radius 1 is 1.05 bits per heavy atom. The molecule has 2 aromatic rings. The molecule has 0 fully saturated rings. The van der Waals surface area contributed by atoms with Gasteiger partial charge in [-0.25, -0.2) is 0 Å². The van der Waals surface area contributed by atoms with Gasteiger partial charge in [-0.15, -0.1) is 0 Å². The lowest BCUT2D eigenvalue weighted by Gasteiger charge is -2.17. The molecule has 0 spiro atoms. The Labute approximate surface area is 123 Å². The van der Waals surface area contributed by atoms with Crippen molar-refractivity contribution in [3.05, 3.63) is 69.7 Å². The maximum absolute atomic E-state index is 9.46. The summed E-state index contributed by atoms with van der Waals surface area (Å²) >= 11 is 12.1. The van der Waals surface area contributed by atoms with E-state index in [1.54, 1.807) is 12.1 Å². The largest absolute Gasteiger partial charge is 0.394 e. The molecule has 19 heavy (non-hydrogen) atoms. The second-order valence-corrected chi connectivity index (χ2v) is 5.11. The van der Waals surface area contributed by atoms with Gasteiger partial charge in [0.25, 0.3) is 0 Å². The van der Waals surface area contributed by atoms with Gasteiger partial charge < -0.3 is 10.4 Å². The molecule has 2 nitrogen and oxygen atoms in total. The van der Waals surface area contributed by atoms with E-state index in [2.05, 4.69) is 5.32 Å². The lowest BCUT2D eigenvalue weighted by molar-refractivity contribution is 0.243. The van der Waals surface area contributed by atoms with Crippen LogP contribution < -0.4 is 5.32 Å². The van der Waals surface area contributed by atoms with Gasteiger partial charge in [-0.3, -0.25) is 0 Å². The average molecular weight is 296 g/mol. The van der Waals surface area contributed by atoms with Crippen LogP contribution in [-0.2, 0) is 6.54 Å². The average Bonchev–Trinajstić information content (AvgIpc) is 2.44. The highest BCUT2D eigenvalue weighted by molar-refractivity contribution is 6.33. The Hall–Kier alpha value is -1.06. The van der Waals surface area contributed by atoms with Crippen molar-refractivity contribution in [1.82, 2.24) is 5.32 Å². The van der Waals surface area contributed by atoms with Crippen molar-refractivity contribution in [3.63, 3.8) is 0 Å². The van der Waals surface area contributed by atoms with Gasteiger partial charge in [-0.2, -0.15) is 0 Å². The summed E-state index contributed by atoms with van der Waals surface area (Å²) in [6, 6.07) is 15.1. The van der Waals surface area contributed by atoms with Crippen molar-refractivity contribution in [2.24, 2.45) is 0 Å². The van der Waals surface area contributed by atoms with Crippen LogP contribution in [0.5, 0.6) is 0 Å². The highest BCUT2D eigenvalue weighted by Gasteiger charge is 2.10. The van der Waals surface area contributed by atoms with Crippen LogP contribution in [0.25, 0.3) is 0 Å². The quantitative estimate of drug-likeness (QED) is 0.879. The molecule has 0 bridgehead atoms. The van der Waals surface area contributed by atoms with Gasteiger partial charge in [-0.1, -0.05) is 53.5 Å². The van der Waals surface area contributed by atoms with Crippen molar-refractivity contribution >= 4 is 23.2 Å². The fraction of sp³-hybridized carbons (Fsp3) is 0.200. The molecule has 0 radical (unpaired) electrons.